The Kier molecular flexibility index (Phi) is 5.15. The molecule has 1 aromatic heterocycles. The van der Waals surface area contributed by atoms with Gasteiger partial charge in [-0.1, -0.05) is 47.6 Å². The molecule has 25 heavy (non-hydrogen) atoms. The molecule has 3 aromatic rings. The summed E-state index contributed by atoms with van der Waals surface area (Å²) in [5.74, 6) is 1.03. The van der Waals surface area contributed by atoms with Gasteiger partial charge in [-0.15, -0.1) is 11.8 Å². The number of hydrogen-bond acceptors (Lipinski definition) is 5. The molecule has 1 heterocycles. The van der Waals surface area contributed by atoms with Gasteiger partial charge in [-0.2, -0.15) is 0 Å². The largest absolute Gasteiger partial charge is 0.360 e. The first kappa shape index (κ1) is 17.6. The standard InChI is InChI=1S/C18H18N2O3S2/c1-13-18(14(2)23-19-13)25(21,22)20-16-10-6-7-11-17(16)24-12-15-8-4-3-5-9-15/h3-11,20H,12H2,1-2H3. The maximum atomic E-state index is 12.7. The molecule has 2 aromatic carbocycles. The van der Waals surface area contributed by atoms with E-state index in [1.807, 2.05) is 42.5 Å². The van der Waals surface area contributed by atoms with Crippen LogP contribution in [0.4, 0.5) is 5.69 Å². The van der Waals surface area contributed by atoms with Gasteiger partial charge in [0.15, 0.2) is 10.7 Å². The van der Waals surface area contributed by atoms with Crippen LogP contribution in [0.3, 0.4) is 0 Å². The lowest BCUT2D eigenvalue weighted by atomic mass is 10.2. The second-order valence-corrected chi connectivity index (χ2v) is 8.17. The highest BCUT2D eigenvalue weighted by Crippen LogP contribution is 2.32. The number of rotatable bonds is 6. The van der Waals surface area contributed by atoms with Gasteiger partial charge in [-0.25, -0.2) is 8.42 Å². The number of benzene rings is 2. The first-order valence-corrected chi connectivity index (χ1v) is 10.2. The zero-order valence-corrected chi connectivity index (χ0v) is 15.5. The Morgan fingerprint density at radius 3 is 2.40 bits per heavy atom. The van der Waals surface area contributed by atoms with Crippen LogP contribution in [0.25, 0.3) is 0 Å². The monoisotopic (exact) mass is 374 g/mol. The number of para-hydroxylation sites is 1. The van der Waals surface area contributed by atoms with Crippen molar-refractivity contribution in [3.63, 3.8) is 0 Å². The Balaban J connectivity index is 1.84. The summed E-state index contributed by atoms with van der Waals surface area (Å²) in [5, 5.41) is 3.72. The van der Waals surface area contributed by atoms with E-state index in [-0.39, 0.29) is 10.7 Å². The molecule has 0 spiro atoms. The van der Waals surface area contributed by atoms with Gasteiger partial charge in [0, 0.05) is 10.6 Å². The third-order valence-corrected chi connectivity index (χ3v) is 6.36. The zero-order valence-electron chi connectivity index (χ0n) is 13.9. The average molecular weight is 374 g/mol. The first-order chi connectivity index (χ1) is 12.0. The number of thioether (sulfide) groups is 1. The fourth-order valence-corrected chi connectivity index (χ4v) is 4.91. The topological polar surface area (TPSA) is 72.2 Å². The predicted molar refractivity (Wildman–Crippen MR) is 99.2 cm³/mol. The van der Waals surface area contributed by atoms with Crippen molar-refractivity contribution < 1.29 is 12.9 Å². The molecule has 7 heteroatoms. The van der Waals surface area contributed by atoms with E-state index in [1.54, 1.807) is 37.7 Å². The molecular formula is C18H18N2O3S2. The summed E-state index contributed by atoms with van der Waals surface area (Å²) in [4.78, 5) is 0.956. The highest BCUT2D eigenvalue weighted by molar-refractivity contribution is 7.98. The fourth-order valence-electron chi connectivity index (χ4n) is 2.47. The number of nitrogens with zero attached hydrogens (tertiary/aromatic N) is 1. The second-order valence-electron chi connectivity index (χ2n) is 5.53. The van der Waals surface area contributed by atoms with Gasteiger partial charge in [-0.3, -0.25) is 4.72 Å². The van der Waals surface area contributed by atoms with Crippen LogP contribution in [0.1, 0.15) is 17.0 Å². The molecule has 0 saturated carbocycles. The fraction of sp³-hybridized carbons (Fsp3) is 0.167. The summed E-state index contributed by atoms with van der Waals surface area (Å²) in [6.07, 6.45) is 0. The lowest BCUT2D eigenvalue weighted by Crippen LogP contribution is -2.15. The SMILES string of the molecule is Cc1noc(C)c1S(=O)(=O)Nc1ccccc1SCc1ccccc1. The van der Waals surface area contributed by atoms with E-state index in [0.717, 1.165) is 10.6 Å². The summed E-state index contributed by atoms with van der Waals surface area (Å²) in [6, 6.07) is 17.4. The molecule has 3 rings (SSSR count). The van der Waals surface area contributed by atoms with Gasteiger partial charge < -0.3 is 4.52 Å². The predicted octanol–water partition coefficient (Wildman–Crippen LogP) is 4.38. The van der Waals surface area contributed by atoms with Gasteiger partial charge >= 0.3 is 0 Å². The normalized spacial score (nSPS) is 11.4. The number of hydrogen-bond donors (Lipinski definition) is 1. The summed E-state index contributed by atoms with van der Waals surface area (Å²) in [5.41, 5.74) is 2.07. The molecule has 0 aliphatic heterocycles. The molecule has 0 aliphatic carbocycles. The molecule has 0 bridgehead atoms. The van der Waals surface area contributed by atoms with Crippen LogP contribution in [0.15, 0.2) is 68.9 Å². The van der Waals surface area contributed by atoms with Crippen molar-refractivity contribution >= 4 is 27.5 Å². The van der Waals surface area contributed by atoms with E-state index in [2.05, 4.69) is 9.88 Å². The Morgan fingerprint density at radius 1 is 1.04 bits per heavy atom. The zero-order chi connectivity index (χ0) is 17.9. The summed E-state index contributed by atoms with van der Waals surface area (Å²) in [6.45, 7) is 3.20. The molecule has 0 radical (unpaired) electrons. The average Bonchev–Trinajstić information content (AvgIpc) is 2.94. The van der Waals surface area contributed by atoms with Crippen LogP contribution in [-0.2, 0) is 15.8 Å². The maximum Gasteiger partial charge on any atom is 0.267 e. The van der Waals surface area contributed by atoms with Gasteiger partial charge in [0.1, 0.15) is 5.69 Å². The van der Waals surface area contributed by atoms with Crippen molar-refractivity contribution in [1.82, 2.24) is 5.16 Å². The lowest BCUT2D eigenvalue weighted by molar-refractivity contribution is 0.390. The van der Waals surface area contributed by atoms with E-state index >= 15 is 0 Å². The summed E-state index contributed by atoms with van der Waals surface area (Å²) >= 11 is 1.58. The number of sulfonamides is 1. The summed E-state index contributed by atoms with van der Waals surface area (Å²) < 4.78 is 33.1. The van der Waals surface area contributed by atoms with E-state index < -0.39 is 10.0 Å². The molecule has 0 unspecified atom stereocenters. The van der Waals surface area contributed by atoms with Crippen LogP contribution in [0, 0.1) is 13.8 Å². The van der Waals surface area contributed by atoms with Crippen molar-refractivity contribution in [1.29, 1.82) is 0 Å². The Morgan fingerprint density at radius 2 is 1.72 bits per heavy atom. The van der Waals surface area contributed by atoms with Crippen LogP contribution >= 0.6 is 11.8 Å². The molecule has 5 nitrogen and oxygen atoms in total. The van der Waals surface area contributed by atoms with E-state index in [0.29, 0.717) is 11.4 Å². The van der Waals surface area contributed by atoms with E-state index in [1.165, 1.54) is 5.56 Å². The van der Waals surface area contributed by atoms with Crippen molar-refractivity contribution in [2.75, 3.05) is 4.72 Å². The van der Waals surface area contributed by atoms with Gasteiger partial charge in [0.05, 0.1) is 5.69 Å². The van der Waals surface area contributed by atoms with Crippen LogP contribution < -0.4 is 4.72 Å². The number of aromatic nitrogens is 1. The van der Waals surface area contributed by atoms with Crippen molar-refractivity contribution in [2.24, 2.45) is 0 Å². The minimum atomic E-state index is -3.76. The van der Waals surface area contributed by atoms with Gasteiger partial charge in [0.25, 0.3) is 10.0 Å². The van der Waals surface area contributed by atoms with Crippen LogP contribution in [0.5, 0.6) is 0 Å². The molecule has 1 N–H and O–H groups in total. The number of nitrogens with one attached hydrogen (secondary N) is 1. The minimum Gasteiger partial charge on any atom is -0.360 e. The second kappa shape index (κ2) is 7.33. The summed E-state index contributed by atoms with van der Waals surface area (Å²) in [7, 11) is -3.76. The smallest absolute Gasteiger partial charge is 0.267 e. The molecule has 0 atom stereocenters. The molecule has 0 aliphatic rings. The highest BCUT2D eigenvalue weighted by Gasteiger charge is 2.25. The highest BCUT2D eigenvalue weighted by atomic mass is 32.2. The quantitative estimate of drug-likeness (QED) is 0.648. The number of anilines is 1. The van der Waals surface area contributed by atoms with Crippen molar-refractivity contribution in [2.45, 2.75) is 29.4 Å². The molecule has 0 fully saturated rings. The molecule has 0 amide bonds. The van der Waals surface area contributed by atoms with E-state index in [9.17, 15) is 8.42 Å². The molecule has 130 valence electrons. The van der Waals surface area contributed by atoms with Crippen molar-refractivity contribution in [3.05, 3.63) is 71.6 Å². The van der Waals surface area contributed by atoms with Gasteiger partial charge in [0.2, 0.25) is 0 Å². The number of aryl methyl sites for hydroxylation is 2. The van der Waals surface area contributed by atoms with Crippen LogP contribution in [0.2, 0.25) is 0 Å². The van der Waals surface area contributed by atoms with Crippen LogP contribution in [-0.4, -0.2) is 13.6 Å². The Hall–Kier alpha value is -2.25. The van der Waals surface area contributed by atoms with Gasteiger partial charge in [-0.05, 0) is 31.5 Å². The third-order valence-electron chi connectivity index (χ3n) is 3.61. The van der Waals surface area contributed by atoms with E-state index in [4.69, 9.17) is 4.52 Å². The third kappa shape index (κ3) is 4.05. The molecule has 0 saturated heterocycles. The molecular weight excluding hydrogens is 356 g/mol. The Labute approximate surface area is 151 Å². The lowest BCUT2D eigenvalue weighted by Gasteiger charge is -2.12. The Bertz CT molecular complexity index is 947. The minimum absolute atomic E-state index is 0.0929. The first-order valence-electron chi connectivity index (χ1n) is 7.69. The van der Waals surface area contributed by atoms with Crippen molar-refractivity contribution in [3.8, 4) is 0 Å². The maximum absolute atomic E-state index is 12.7.